The van der Waals surface area contributed by atoms with E-state index in [9.17, 15) is 0 Å². The van der Waals surface area contributed by atoms with Crippen molar-refractivity contribution in [2.45, 2.75) is 6.54 Å². The minimum absolute atomic E-state index is 0.867. The standard InChI is InChI=1S/C15H21N3S/c1-16-11-12-10-15(18(2)8-9-19-3)17-14-7-5-4-6-13(12)14/h4-7,10,16H,8-9,11H2,1-3H3. The van der Waals surface area contributed by atoms with Crippen molar-refractivity contribution in [3.8, 4) is 0 Å². The summed E-state index contributed by atoms with van der Waals surface area (Å²) in [5.74, 6) is 2.17. The van der Waals surface area contributed by atoms with Crippen molar-refractivity contribution in [2.24, 2.45) is 0 Å². The van der Waals surface area contributed by atoms with Gasteiger partial charge in [-0.25, -0.2) is 4.98 Å². The fourth-order valence-electron chi connectivity index (χ4n) is 2.11. The predicted octanol–water partition coefficient (Wildman–Crippen LogP) is 2.75. The average molecular weight is 275 g/mol. The second-order valence-corrected chi connectivity index (χ2v) is 5.59. The van der Waals surface area contributed by atoms with Gasteiger partial charge in [-0.05, 0) is 31.0 Å². The fraction of sp³-hybridized carbons (Fsp3) is 0.400. The number of para-hydroxylation sites is 1. The summed E-state index contributed by atoms with van der Waals surface area (Å²) in [5.41, 5.74) is 2.38. The number of fused-ring (bicyclic) bond motifs is 1. The molecule has 0 atom stereocenters. The van der Waals surface area contributed by atoms with Gasteiger partial charge in [0.05, 0.1) is 5.52 Å². The SMILES string of the molecule is CNCc1cc(N(C)CCSC)nc2ccccc12. The molecule has 19 heavy (non-hydrogen) atoms. The quantitative estimate of drug-likeness (QED) is 0.877. The summed E-state index contributed by atoms with van der Waals surface area (Å²) in [5, 5.41) is 4.47. The third-order valence-electron chi connectivity index (χ3n) is 3.18. The van der Waals surface area contributed by atoms with Gasteiger partial charge in [0.25, 0.3) is 0 Å². The molecule has 0 radical (unpaired) electrons. The molecule has 1 aromatic heterocycles. The first-order valence-electron chi connectivity index (χ1n) is 6.49. The molecule has 0 spiro atoms. The lowest BCUT2D eigenvalue weighted by Gasteiger charge is -2.19. The Bertz CT molecular complexity index is 542. The van der Waals surface area contributed by atoms with Crippen LogP contribution in [0.5, 0.6) is 0 Å². The highest BCUT2D eigenvalue weighted by molar-refractivity contribution is 7.98. The van der Waals surface area contributed by atoms with Gasteiger partial charge in [-0.2, -0.15) is 11.8 Å². The van der Waals surface area contributed by atoms with Crippen LogP contribution in [0.25, 0.3) is 10.9 Å². The van der Waals surface area contributed by atoms with Crippen molar-refractivity contribution in [3.05, 3.63) is 35.9 Å². The van der Waals surface area contributed by atoms with Gasteiger partial charge in [0, 0.05) is 31.3 Å². The number of hydrogen-bond donors (Lipinski definition) is 1. The van der Waals surface area contributed by atoms with Crippen molar-refractivity contribution in [1.29, 1.82) is 0 Å². The van der Waals surface area contributed by atoms with Crippen molar-refractivity contribution < 1.29 is 0 Å². The molecule has 0 unspecified atom stereocenters. The van der Waals surface area contributed by atoms with E-state index < -0.39 is 0 Å². The first kappa shape index (κ1) is 14.2. The Balaban J connectivity index is 2.39. The third-order valence-corrected chi connectivity index (χ3v) is 3.77. The third kappa shape index (κ3) is 3.39. The molecule has 2 aromatic rings. The summed E-state index contributed by atoms with van der Waals surface area (Å²) in [6, 6.07) is 10.5. The van der Waals surface area contributed by atoms with Crippen molar-refractivity contribution in [1.82, 2.24) is 10.3 Å². The lowest BCUT2D eigenvalue weighted by atomic mass is 10.1. The summed E-state index contributed by atoms with van der Waals surface area (Å²) in [6.07, 6.45) is 2.13. The highest BCUT2D eigenvalue weighted by Crippen LogP contribution is 2.22. The number of aromatic nitrogens is 1. The number of pyridine rings is 1. The first-order valence-corrected chi connectivity index (χ1v) is 7.89. The monoisotopic (exact) mass is 275 g/mol. The van der Waals surface area contributed by atoms with E-state index in [4.69, 9.17) is 4.98 Å². The Morgan fingerprint density at radius 2 is 2.11 bits per heavy atom. The number of rotatable bonds is 6. The summed E-state index contributed by atoms with van der Waals surface area (Å²) in [6.45, 7) is 1.89. The van der Waals surface area contributed by atoms with Crippen LogP contribution in [0.4, 0.5) is 5.82 Å². The Kier molecular flexibility index (Phi) is 5.05. The van der Waals surface area contributed by atoms with Crippen LogP contribution >= 0.6 is 11.8 Å². The molecule has 4 heteroatoms. The van der Waals surface area contributed by atoms with Crippen LogP contribution in [0.15, 0.2) is 30.3 Å². The highest BCUT2D eigenvalue weighted by Gasteiger charge is 2.08. The maximum Gasteiger partial charge on any atom is 0.129 e. The van der Waals surface area contributed by atoms with Crippen LogP contribution in [0.1, 0.15) is 5.56 Å². The van der Waals surface area contributed by atoms with E-state index in [1.54, 1.807) is 0 Å². The zero-order valence-corrected chi connectivity index (χ0v) is 12.6. The zero-order chi connectivity index (χ0) is 13.7. The molecule has 3 nitrogen and oxygen atoms in total. The second-order valence-electron chi connectivity index (χ2n) is 4.60. The molecule has 0 saturated heterocycles. The van der Waals surface area contributed by atoms with Crippen LogP contribution in [0, 0.1) is 0 Å². The van der Waals surface area contributed by atoms with E-state index in [2.05, 4.69) is 47.8 Å². The van der Waals surface area contributed by atoms with Gasteiger partial charge in [-0.3, -0.25) is 0 Å². The van der Waals surface area contributed by atoms with Crippen molar-refractivity contribution >= 4 is 28.5 Å². The molecule has 0 aliphatic heterocycles. The smallest absolute Gasteiger partial charge is 0.129 e. The molecule has 0 amide bonds. The summed E-state index contributed by atoms with van der Waals surface area (Å²) in [4.78, 5) is 6.98. The number of nitrogens with zero attached hydrogens (tertiary/aromatic N) is 2. The van der Waals surface area contributed by atoms with E-state index in [0.717, 1.165) is 30.2 Å². The molecule has 0 bridgehead atoms. The molecule has 0 fully saturated rings. The number of anilines is 1. The molecule has 1 heterocycles. The zero-order valence-electron chi connectivity index (χ0n) is 11.8. The topological polar surface area (TPSA) is 28.2 Å². The summed E-state index contributed by atoms with van der Waals surface area (Å²) in [7, 11) is 4.09. The first-order chi connectivity index (χ1) is 9.26. The Hall–Kier alpha value is -1.26. The van der Waals surface area contributed by atoms with E-state index in [1.165, 1.54) is 10.9 Å². The normalized spacial score (nSPS) is 10.9. The second kappa shape index (κ2) is 6.78. The van der Waals surface area contributed by atoms with E-state index in [-0.39, 0.29) is 0 Å². The van der Waals surface area contributed by atoms with Gasteiger partial charge in [-0.15, -0.1) is 0 Å². The maximum atomic E-state index is 4.76. The Morgan fingerprint density at radius 3 is 2.84 bits per heavy atom. The molecular weight excluding hydrogens is 254 g/mol. The van der Waals surface area contributed by atoms with Crippen LogP contribution < -0.4 is 10.2 Å². The predicted molar refractivity (Wildman–Crippen MR) is 86.2 cm³/mol. The van der Waals surface area contributed by atoms with Gasteiger partial charge in [0.1, 0.15) is 5.82 Å². The largest absolute Gasteiger partial charge is 0.359 e. The molecule has 1 aromatic carbocycles. The number of hydrogen-bond acceptors (Lipinski definition) is 4. The highest BCUT2D eigenvalue weighted by atomic mass is 32.2. The fourth-order valence-corrected chi connectivity index (χ4v) is 2.56. The van der Waals surface area contributed by atoms with Gasteiger partial charge in [0.2, 0.25) is 0 Å². The van der Waals surface area contributed by atoms with Crippen LogP contribution in [0.3, 0.4) is 0 Å². The minimum Gasteiger partial charge on any atom is -0.359 e. The minimum atomic E-state index is 0.867. The number of benzene rings is 1. The molecule has 0 aliphatic carbocycles. The summed E-state index contributed by atoms with van der Waals surface area (Å²) >= 11 is 1.86. The molecule has 1 N–H and O–H groups in total. The van der Waals surface area contributed by atoms with Gasteiger partial charge in [-0.1, -0.05) is 18.2 Å². The van der Waals surface area contributed by atoms with Crippen LogP contribution in [-0.2, 0) is 6.54 Å². The van der Waals surface area contributed by atoms with Crippen LogP contribution in [-0.4, -0.2) is 37.6 Å². The van der Waals surface area contributed by atoms with Gasteiger partial charge >= 0.3 is 0 Å². The van der Waals surface area contributed by atoms with E-state index in [0.29, 0.717) is 0 Å². The number of thioether (sulfide) groups is 1. The molecule has 0 aliphatic rings. The lowest BCUT2D eigenvalue weighted by Crippen LogP contribution is -2.21. The molecule has 0 saturated carbocycles. The summed E-state index contributed by atoms with van der Waals surface area (Å²) < 4.78 is 0. The average Bonchev–Trinajstić information content (AvgIpc) is 2.45. The number of nitrogens with one attached hydrogen (secondary N) is 1. The maximum absolute atomic E-state index is 4.76. The van der Waals surface area contributed by atoms with Crippen LogP contribution in [0.2, 0.25) is 0 Å². The lowest BCUT2D eigenvalue weighted by molar-refractivity contribution is 0.820. The Morgan fingerprint density at radius 1 is 1.32 bits per heavy atom. The molecule has 102 valence electrons. The van der Waals surface area contributed by atoms with Crippen molar-refractivity contribution in [3.63, 3.8) is 0 Å². The Labute approximate surface area is 119 Å². The van der Waals surface area contributed by atoms with E-state index in [1.807, 2.05) is 24.9 Å². The van der Waals surface area contributed by atoms with E-state index >= 15 is 0 Å². The van der Waals surface area contributed by atoms with Gasteiger partial charge in [0.15, 0.2) is 0 Å². The molecular formula is C15H21N3S. The van der Waals surface area contributed by atoms with Crippen molar-refractivity contribution in [2.75, 3.05) is 37.5 Å². The molecule has 2 rings (SSSR count). The van der Waals surface area contributed by atoms with Gasteiger partial charge < -0.3 is 10.2 Å².